The van der Waals surface area contributed by atoms with E-state index in [1.54, 1.807) is 0 Å². The number of amides is 1. The van der Waals surface area contributed by atoms with Crippen LogP contribution in [0.25, 0.3) is 0 Å². The van der Waals surface area contributed by atoms with Crippen molar-refractivity contribution in [1.82, 2.24) is 20.1 Å². The van der Waals surface area contributed by atoms with Crippen LogP contribution in [0.2, 0.25) is 0 Å². The second-order valence-electron chi connectivity index (χ2n) is 4.83. The van der Waals surface area contributed by atoms with Gasteiger partial charge in [-0.25, -0.2) is 8.42 Å². The van der Waals surface area contributed by atoms with Gasteiger partial charge in [0.2, 0.25) is 5.91 Å². The van der Waals surface area contributed by atoms with Crippen LogP contribution < -0.4 is 5.32 Å². The maximum atomic E-state index is 11.5. The van der Waals surface area contributed by atoms with Gasteiger partial charge in [-0.3, -0.25) is 4.79 Å². The molecule has 1 N–H and O–H groups in total. The van der Waals surface area contributed by atoms with Gasteiger partial charge in [0, 0.05) is 32.2 Å². The summed E-state index contributed by atoms with van der Waals surface area (Å²) in [6, 6.07) is 0. The molecule has 7 nitrogen and oxygen atoms in total. The highest BCUT2D eigenvalue weighted by Crippen LogP contribution is 2.29. The molecule has 1 aromatic heterocycles. The van der Waals surface area contributed by atoms with Gasteiger partial charge in [-0.1, -0.05) is 11.8 Å². The minimum atomic E-state index is -2.92. The van der Waals surface area contributed by atoms with Gasteiger partial charge in [0.15, 0.2) is 15.0 Å². The number of rotatable bonds is 5. The maximum Gasteiger partial charge on any atom is 0.216 e. The van der Waals surface area contributed by atoms with Gasteiger partial charge in [-0.05, 0) is 6.42 Å². The normalized spacial score (nSPS) is 21.0. The molecule has 1 saturated heterocycles. The summed E-state index contributed by atoms with van der Waals surface area (Å²) in [6.45, 7) is 2.05. The molecule has 0 radical (unpaired) electrons. The Morgan fingerprint density at radius 1 is 1.50 bits per heavy atom. The summed E-state index contributed by atoms with van der Waals surface area (Å²) in [5.41, 5.74) is 0. The molecule has 0 unspecified atom stereocenters. The van der Waals surface area contributed by atoms with E-state index in [4.69, 9.17) is 0 Å². The van der Waals surface area contributed by atoms with Crippen molar-refractivity contribution < 1.29 is 13.2 Å². The third-order valence-electron chi connectivity index (χ3n) is 3.17. The molecule has 1 aliphatic heterocycles. The fraction of sp³-hybridized carbons (Fsp3) is 0.727. The zero-order valence-corrected chi connectivity index (χ0v) is 13.1. The van der Waals surface area contributed by atoms with E-state index in [9.17, 15) is 13.2 Å². The Hall–Kier alpha value is -1.09. The third-order valence-corrected chi connectivity index (χ3v) is 5.96. The molecule has 9 heteroatoms. The Morgan fingerprint density at radius 3 is 2.85 bits per heavy atom. The molecule has 1 amide bonds. The molecule has 1 aromatic rings. The largest absolute Gasteiger partial charge is 0.356 e. The molecule has 112 valence electrons. The summed E-state index contributed by atoms with van der Waals surface area (Å²) in [5, 5.41) is 11.7. The molecular formula is C11H18N4O3S2. The third kappa shape index (κ3) is 3.72. The number of hydrogen-bond donors (Lipinski definition) is 1. The summed E-state index contributed by atoms with van der Waals surface area (Å²) in [7, 11) is -1.07. The molecule has 20 heavy (non-hydrogen) atoms. The molecule has 1 atom stereocenters. The second-order valence-corrected chi connectivity index (χ2v) is 8.12. The van der Waals surface area contributed by atoms with Crippen LogP contribution >= 0.6 is 11.8 Å². The van der Waals surface area contributed by atoms with Crippen molar-refractivity contribution in [2.24, 2.45) is 7.05 Å². The first-order chi connectivity index (χ1) is 9.39. The average Bonchev–Trinajstić information content (AvgIpc) is 2.88. The van der Waals surface area contributed by atoms with Gasteiger partial charge >= 0.3 is 0 Å². The highest BCUT2D eigenvalue weighted by atomic mass is 32.2. The van der Waals surface area contributed by atoms with Crippen LogP contribution in [0.15, 0.2) is 5.16 Å². The molecule has 1 fully saturated rings. The van der Waals surface area contributed by atoms with Crippen LogP contribution in [0.3, 0.4) is 0 Å². The zero-order valence-electron chi connectivity index (χ0n) is 11.5. The van der Waals surface area contributed by atoms with Gasteiger partial charge in [-0.2, -0.15) is 0 Å². The first-order valence-corrected chi connectivity index (χ1v) is 9.16. The standard InChI is InChI=1S/C11H18N4O3S2/c1-8(16)12-4-5-19-11-14-13-10(15(11)2)9-3-6-20(17,18)7-9/h9H,3-7H2,1-2H3,(H,12,16)/t9-/m1/s1. The van der Waals surface area contributed by atoms with E-state index in [1.807, 2.05) is 11.6 Å². The van der Waals surface area contributed by atoms with E-state index < -0.39 is 9.84 Å². The van der Waals surface area contributed by atoms with Crippen molar-refractivity contribution in [2.45, 2.75) is 24.4 Å². The second kappa shape index (κ2) is 6.13. The molecule has 1 aliphatic rings. The van der Waals surface area contributed by atoms with Crippen molar-refractivity contribution in [3.05, 3.63) is 5.82 Å². The van der Waals surface area contributed by atoms with Crippen molar-refractivity contribution in [3.63, 3.8) is 0 Å². The van der Waals surface area contributed by atoms with Crippen LogP contribution in [-0.2, 0) is 21.7 Å². The van der Waals surface area contributed by atoms with Gasteiger partial charge < -0.3 is 9.88 Å². The van der Waals surface area contributed by atoms with Crippen molar-refractivity contribution in [1.29, 1.82) is 0 Å². The van der Waals surface area contributed by atoms with Crippen molar-refractivity contribution in [3.8, 4) is 0 Å². The SMILES string of the molecule is CC(=O)NCCSc1nnc([C@@H]2CCS(=O)(=O)C2)n1C. The van der Waals surface area contributed by atoms with Crippen LogP contribution in [0, 0.1) is 0 Å². The quantitative estimate of drug-likeness (QED) is 0.604. The molecule has 0 aromatic carbocycles. The summed E-state index contributed by atoms with van der Waals surface area (Å²) >= 11 is 1.49. The van der Waals surface area contributed by atoms with Gasteiger partial charge in [0.25, 0.3) is 0 Å². The number of carbonyl (C=O) groups is 1. The Labute approximate surface area is 122 Å². The molecule has 0 saturated carbocycles. The lowest BCUT2D eigenvalue weighted by Crippen LogP contribution is -2.22. The van der Waals surface area contributed by atoms with Crippen LogP contribution in [0.4, 0.5) is 0 Å². The van der Waals surface area contributed by atoms with E-state index >= 15 is 0 Å². The first kappa shape index (κ1) is 15.3. The lowest BCUT2D eigenvalue weighted by Gasteiger charge is -2.08. The van der Waals surface area contributed by atoms with E-state index in [-0.39, 0.29) is 23.3 Å². The van der Waals surface area contributed by atoms with Crippen molar-refractivity contribution >= 4 is 27.5 Å². The minimum Gasteiger partial charge on any atom is -0.356 e. The van der Waals surface area contributed by atoms with E-state index in [0.717, 1.165) is 11.0 Å². The topological polar surface area (TPSA) is 94.0 Å². The fourth-order valence-electron chi connectivity index (χ4n) is 2.18. The van der Waals surface area contributed by atoms with E-state index in [0.29, 0.717) is 18.7 Å². The Balaban J connectivity index is 1.95. The minimum absolute atomic E-state index is 0.0535. The average molecular weight is 318 g/mol. The Kier molecular flexibility index (Phi) is 4.69. The summed E-state index contributed by atoms with van der Waals surface area (Å²) in [6.07, 6.45) is 0.616. The van der Waals surface area contributed by atoms with E-state index in [1.165, 1.54) is 18.7 Å². The monoisotopic (exact) mass is 318 g/mol. The molecule has 0 bridgehead atoms. The number of thioether (sulfide) groups is 1. The molecule has 2 rings (SSSR count). The molecule has 0 aliphatic carbocycles. The predicted octanol–water partition coefficient (Wildman–Crippen LogP) is -0.0546. The van der Waals surface area contributed by atoms with Crippen LogP contribution in [0.1, 0.15) is 25.1 Å². The number of nitrogens with one attached hydrogen (secondary N) is 1. The summed E-state index contributed by atoms with van der Waals surface area (Å²) in [5.74, 6) is 1.72. The lowest BCUT2D eigenvalue weighted by atomic mass is 10.1. The zero-order chi connectivity index (χ0) is 14.8. The van der Waals surface area contributed by atoms with Crippen molar-refractivity contribution in [2.75, 3.05) is 23.8 Å². The predicted molar refractivity (Wildman–Crippen MR) is 76.4 cm³/mol. The smallest absolute Gasteiger partial charge is 0.216 e. The highest BCUT2D eigenvalue weighted by Gasteiger charge is 2.32. The summed E-state index contributed by atoms with van der Waals surface area (Å²) < 4.78 is 24.9. The van der Waals surface area contributed by atoms with E-state index in [2.05, 4.69) is 15.5 Å². The number of carbonyl (C=O) groups excluding carboxylic acids is 1. The highest BCUT2D eigenvalue weighted by molar-refractivity contribution is 7.99. The molecule has 2 heterocycles. The maximum absolute atomic E-state index is 11.5. The van der Waals surface area contributed by atoms with Gasteiger partial charge in [-0.15, -0.1) is 10.2 Å². The summed E-state index contributed by atoms with van der Waals surface area (Å²) in [4.78, 5) is 10.8. The fourth-order valence-corrected chi connectivity index (χ4v) is 4.69. The van der Waals surface area contributed by atoms with Gasteiger partial charge in [0.1, 0.15) is 5.82 Å². The molecule has 0 spiro atoms. The first-order valence-electron chi connectivity index (χ1n) is 6.36. The molecular weight excluding hydrogens is 300 g/mol. The number of nitrogens with zero attached hydrogens (tertiary/aromatic N) is 3. The number of sulfone groups is 1. The number of aromatic nitrogens is 3. The Morgan fingerprint density at radius 2 is 2.25 bits per heavy atom. The van der Waals surface area contributed by atoms with Crippen LogP contribution in [-0.4, -0.2) is 52.9 Å². The Bertz CT molecular complexity index is 597. The number of hydrogen-bond acceptors (Lipinski definition) is 6. The lowest BCUT2D eigenvalue weighted by molar-refractivity contribution is -0.118. The van der Waals surface area contributed by atoms with Crippen LogP contribution in [0.5, 0.6) is 0 Å². The van der Waals surface area contributed by atoms with Gasteiger partial charge in [0.05, 0.1) is 11.5 Å².